The molecular formula is C7H9NS. The molecule has 2 unspecified atom stereocenters. The van der Waals surface area contributed by atoms with E-state index in [1.807, 2.05) is 18.0 Å². The number of thioether (sulfide) groups is 1. The van der Waals surface area contributed by atoms with Gasteiger partial charge in [0.05, 0.1) is 0 Å². The van der Waals surface area contributed by atoms with Gasteiger partial charge in [-0.1, -0.05) is 0 Å². The van der Waals surface area contributed by atoms with Gasteiger partial charge in [-0.15, -0.1) is 0 Å². The first kappa shape index (κ1) is 5.54. The van der Waals surface area contributed by atoms with Gasteiger partial charge in [0.1, 0.15) is 0 Å². The summed E-state index contributed by atoms with van der Waals surface area (Å²) in [6.07, 6.45) is 9.68. The third kappa shape index (κ3) is 0.659. The van der Waals surface area contributed by atoms with E-state index in [4.69, 9.17) is 0 Å². The Morgan fingerprint density at radius 2 is 2.67 bits per heavy atom. The molecule has 0 aromatic carbocycles. The first-order valence-electron chi connectivity index (χ1n) is 3.13. The summed E-state index contributed by atoms with van der Waals surface area (Å²) in [5, 5.41) is 0. The fourth-order valence-electron chi connectivity index (χ4n) is 1.28. The molecule has 1 heterocycles. The van der Waals surface area contributed by atoms with Gasteiger partial charge in [0.15, 0.2) is 0 Å². The molecule has 1 saturated carbocycles. The normalized spacial score (nSPS) is 44.8. The van der Waals surface area contributed by atoms with Crippen molar-refractivity contribution < 1.29 is 0 Å². The van der Waals surface area contributed by atoms with Gasteiger partial charge in [0, 0.05) is 23.1 Å². The SMILES string of the molecule is CSC12C=CN=CC1C2. The van der Waals surface area contributed by atoms with Crippen LogP contribution in [0.4, 0.5) is 0 Å². The topological polar surface area (TPSA) is 12.4 Å². The Balaban J connectivity index is 2.23. The average Bonchev–Trinajstić information content (AvgIpc) is 2.62. The van der Waals surface area contributed by atoms with Crippen molar-refractivity contribution in [3.8, 4) is 0 Å². The van der Waals surface area contributed by atoms with E-state index in [2.05, 4.69) is 23.5 Å². The van der Waals surface area contributed by atoms with E-state index in [1.165, 1.54) is 6.42 Å². The Bertz CT molecular complexity index is 185. The second-order valence-electron chi connectivity index (χ2n) is 2.58. The van der Waals surface area contributed by atoms with Gasteiger partial charge < -0.3 is 0 Å². The zero-order valence-electron chi connectivity index (χ0n) is 5.37. The van der Waals surface area contributed by atoms with Crippen LogP contribution >= 0.6 is 11.8 Å². The number of fused-ring (bicyclic) bond motifs is 1. The maximum Gasteiger partial charge on any atom is 0.0438 e. The summed E-state index contributed by atoms with van der Waals surface area (Å²) >= 11 is 1.94. The maximum absolute atomic E-state index is 4.07. The van der Waals surface area contributed by atoms with Crippen molar-refractivity contribution in [3.63, 3.8) is 0 Å². The first-order valence-corrected chi connectivity index (χ1v) is 4.36. The minimum absolute atomic E-state index is 0.474. The number of rotatable bonds is 1. The van der Waals surface area contributed by atoms with Gasteiger partial charge in [-0.05, 0) is 18.8 Å². The Kier molecular flexibility index (Phi) is 1.00. The van der Waals surface area contributed by atoms with Crippen molar-refractivity contribution in [3.05, 3.63) is 12.3 Å². The van der Waals surface area contributed by atoms with E-state index in [-0.39, 0.29) is 0 Å². The molecule has 2 aliphatic rings. The highest BCUT2D eigenvalue weighted by atomic mass is 32.2. The summed E-state index contributed by atoms with van der Waals surface area (Å²) in [6, 6.07) is 0. The van der Waals surface area contributed by atoms with Crippen molar-refractivity contribution in [2.45, 2.75) is 11.2 Å². The number of hydrogen-bond donors (Lipinski definition) is 0. The van der Waals surface area contributed by atoms with Crippen LogP contribution in [-0.2, 0) is 0 Å². The van der Waals surface area contributed by atoms with Crippen LogP contribution in [0.15, 0.2) is 17.3 Å². The van der Waals surface area contributed by atoms with Gasteiger partial charge in [0.25, 0.3) is 0 Å². The number of aliphatic imine (C=N–C) groups is 1. The molecule has 1 nitrogen and oxygen atoms in total. The van der Waals surface area contributed by atoms with Crippen LogP contribution in [0.25, 0.3) is 0 Å². The van der Waals surface area contributed by atoms with E-state index in [1.54, 1.807) is 0 Å². The second kappa shape index (κ2) is 1.63. The fraction of sp³-hybridized carbons (Fsp3) is 0.571. The first-order chi connectivity index (χ1) is 4.37. The third-order valence-electron chi connectivity index (χ3n) is 2.10. The lowest BCUT2D eigenvalue weighted by molar-refractivity contribution is 1.08. The molecule has 2 rings (SSSR count). The smallest absolute Gasteiger partial charge is 0.0438 e. The van der Waals surface area contributed by atoms with Crippen molar-refractivity contribution in [1.82, 2.24) is 0 Å². The number of hydrogen-bond acceptors (Lipinski definition) is 2. The minimum atomic E-state index is 0.474. The lowest BCUT2D eigenvalue weighted by atomic mass is 10.3. The quantitative estimate of drug-likeness (QED) is 0.538. The highest BCUT2D eigenvalue weighted by molar-refractivity contribution is 8.00. The fourth-order valence-corrected chi connectivity index (χ4v) is 2.19. The number of nitrogens with zero attached hydrogens (tertiary/aromatic N) is 1. The Morgan fingerprint density at radius 3 is 3.22 bits per heavy atom. The monoisotopic (exact) mass is 139 g/mol. The van der Waals surface area contributed by atoms with Gasteiger partial charge in [0.2, 0.25) is 0 Å². The molecule has 0 N–H and O–H groups in total. The summed E-state index contributed by atoms with van der Waals surface area (Å²) in [6.45, 7) is 0. The van der Waals surface area contributed by atoms with E-state index < -0.39 is 0 Å². The molecule has 0 aromatic heterocycles. The lowest BCUT2D eigenvalue weighted by Crippen LogP contribution is -2.04. The zero-order valence-corrected chi connectivity index (χ0v) is 6.19. The van der Waals surface area contributed by atoms with Crippen LogP contribution in [0.3, 0.4) is 0 Å². The maximum atomic E-state index is 4.07. The molecule has 1 aliphatic heterocycles. The van der Waals surface area contributed by atoms with Gasteiger partial charge in [-0.3, -0.25) is 4.99 Å². The molecule has 0 saturated heterocycles. The van der Waals surface area contributed by atoms with Gasteiger partial charge in [-0.2, -0.15) is 11.8 Å². The van der Waals surface area contributed by atoms with E-state index in [0.29, 0.717) is 4.75 Å². The van der Waals surface area contributed by atoms with Crippen LogP contribution in [0.2, 0.25) is 0 Å². The zero-order chi connectivity index (χ0) is 6.32. The van der Waals surface area contributed by atoms with Crippen LogP contribution in [0.1, 0.15) is 6.42 Å². The predicted molar refractivity (Wildman–Crippen MR) is 42.0 cm³/mol. The van der Waals surface area contributed by atoms with Crippen LogP contribution in [0, 0.1) is 5.92 Å². The third-order valence-corrected chi connectivity index (χ3v) is 3.46. The summed E-state index contributed by atoms with van der Waals surface area (Å²) < 4.78 is 0.474. The molecule has 2 atom stereocenters. The molecule has 1 fully saturated rings. The summed E-state index contributed by atoms with van der Waals surface area (Å²) in [5.41, 5.74) is 0. The molecule has 0 spiro atoms. The standard InChI is InChI=1S/C7H9NS/c1-9-7-2-3-8-5-6(7)4-7/h2-3,5-6H,4H2,1H3. The van der Waals surface area contributed by atoms with Gasteiger partial charge >= 0.3 is 0 Å². The highest BCUT2D eigenvalue weighted by Gasteiger charge is 2.51. The van der Waals surface area contributed by atoms with Crippen LogP contribution < -0.4 is 0 Å². The predicted octanol–water partition coefficient (Wildman–Crippen LogP) is 1.71. The van der Waals surface area contributed by atoms with E-state index >= 15 is 0 Å². The second-order valence-corrected chi connectivity index (χ2v) is 3.75. The van der Waals surface area contributed by atoms with Gasteiger partial charge in [-0.25, -0.2) is 0 Å². The molecule has 0 bridgehead atoms. The molecule has 0 amide bonds. The van der Waals surface area contributed by atoms with Crippen molar-refractivity contribution in [1.29, 1.82) is 0 Å². The summed E-state index contributed by atoms with van der Waals surface area (Å²) in [5.74, 6) is 0.748. The van der Waals surface area contributed by atoms with Crippen LogP contribution in [-0.4, -0.2) is 17.2 Å². The molecule has 1 aliphatic carbocycles. The molecular weight excluding hydrogens is 130 g/mol. The molecule has 48 valence electrons. The summed E-state index contributed by atoms with van der Waals surface area (Å²) in [4.78, 5) is 4.07. The molecule has 9 heavy (non-hydrogen) atoms. The highest BCUT2D eigenvalue weighted by Crippen LogP contribution is 2.54. The largest absolute Gasteiger partial charge is 0.269 e. The lowest BCUT2D eigenvalue weighted by Gasteiger charge is -2.07. The minimum Gasteiger partial charge on any atom is -0.269 e. The van der Waals surface area contributed by atoms with Crippen molar-refractivity contribution in [2.75, 3.05) is 6.26 Å². The Hall–Kier alpha value is -0.240. The summed E-state index contributed by atoms with van der Waals surface area (Å²) in [7, 11) is 0. The Labute approximate surface area is 59.2 Å². The van der Waals surface area contributed by atoms with Crippen LogP contribution in [0.5, 0.6) is 0 Å². The molecule has 0 aromatic rings. The van der Waals surface area contributed by atoms with E-state index in [9.17, 15) is 0 Å². The van der Waals surface area contributed by atoms with Crippen molar-refractivity contribution >= 4 is 18.0 Å². The van der Waals surface area contributed by atoms with E-state index in [0.717, 1.165) is 5.92 Å². The van der Waals surface area contributed by atoms with Crippen molar-refractivity contribution in [2.24, 2.45) is 10.9 Å². The Morgan fingerprint density at radius 1 is 1.78 bits per heavy atom. The molecule has 0 radical (unpaired) electrons. The molecule has 2 heteroatoms. The average molecular weight is 139 g/mol.